The lowest BCUT2D eigenvalue weighted by atomic mass is 10.0. The summed E-state index contributed by atoms with van der Waals surface area (Å²) in [5.41, 5.74) is 5.88. The standard InChI is InChI=1S/C8H18.C7H6ClF.C5H11NO/c1-4-6-8(3)7-5-2;1-5-2-3-7(9)6(8)4-5;1-3-4(2)5(6)7/h8H,4-7H2,1-3H3;2-4H,1H3;4H,3H2,1-2H3,(H2,6,7). The number of nitrogens with two attached hydrogens (primary N) is 1. The number of carbonyl (C=O) groups is 1. The number of aryl methyl sites for hydroxylation is 1. The quantitative estimate of drug-likeness (QED) is 0.616. The molecule has 2 N–H and O–H groups in total. The molecule has 0 aliphatic carbocycles. The minimum atomic E-state index is -0.359. The summed E-state index contributed by atoms with van der Waals surface area (Å²) in [4.78, 5) is 10.2. The fourth-order valence-electron chi connectivity index (χ4n) is 1.93. The fourth-order valence-corrected chi connectivity index (χ4v) is 2.17. The zero-order valence-corrected chi connectivity index (χ0v) is 16.9. The third kappa shape index (κ3) is 14.5. The Bertz CT molecular complexity index is 445. The van der Waals surface area contributed by atoms with Gasteiger partial charge in [-0.3, -0.25) is 4.79 Å². The Morgan fingerprint density at radius 3 is 1.92 bits per heavy atom. The lowest BCUT2D eigenvalue weighted by Crippen LogP contribution is -2.19. The maximum absolute atomic E-state index is 12.4. The van der Waals surface area contributed by atoms with Gasteiger partial charge in [0.25, 0.3) is 0 Å². The number of hydrogen-bond donors (Lipinski definition) is 1. The highest BCUT2D eigenvalue weighted by Gasteiger charge is 2.02. The first-order valence-corrected chi connectivity index (χ1v) is 9.28. The van der Waals surface area contributed by atoms with Crippen LogP contribution in [0.1, 0.15) is 72.3 Å². The van der Waals surface area contributed by atoms with Crippen molar-refractivity contribution in [3.05, 3.63) is 34.6 Å². The first kappa shape index (κ1) is 25.2. The van der Waals surface area contributed by atoms with Crippen LogP contribution in [-0.4, -0.2) is 5.91 Å². The summed E-state index contributed by atoms with van der Waals surface area (Å²) in [5.74, 6) is 0.440. The fraction of sp³-hybridized carbons (Fsp3) is 0.650. The van der Waals surface area contributed by atoms with Crippen molar-refractivity contribution in [1.82, 2.24) is 0 Å². The van der Waals surface area contributed by atoms with Gasteiger partial charge < -0.3 is 5.73 Å². The van der Waals surface area contributed by atoms with Gasteiger partial charge >= 0.3 is 0 Å². The van der Waals surface area contributed by atoms with Crippen LogP contribution in [-0.2, 0) is 4.79 Å². The molecule has 2 nitrogen and oxygen atoms in total. The minimum Gasteiger partial charge on any atom is -0.369 e. The number of carbonyl (C=O) groups excluding carboxylic acids is 1. The summed E-state index contributed by atoms with van der Waals surface area (Å²) in [6.45, 7) is 12.5. The van der Waals surface area contributed by atoms with Crippen molar-refractivity contribution in [2.45, 2.75) is 73.6 Å². The second-order valence-corrected chi connectivity index (χ2v) is 6.72. The molecule has 0 fully saturated rings. The zero-order chi connectivity index (χ0) is 19.1. The lowest BCUT2D eigenvalue weighted by Gasteiger charge is -2.05. The molecule has 0 radical (unpaired) electrons. The molecule has 24 heavy (non-hydrogen) atoms. The van der Waals surface area contributed by atoms with Crippen molar-refractivity contribution in [3.63, 3.8) is 0 Å². The van der Waals surface area contributed by atoms with E-state index in [0.717, 1.165) is 17.9 Å². The normalized spacial score (nSPS) is 11.0. The smallest absolute Gasteiger partial charge is 0.220 e. The number of benzene rings is 1. The summed E-state index contributed by atoms with van der Waals surface area (Å²) in [5, 5.41) is 0.190. The Hall–Kier alpha value is -1.09. The molecular formula is C20H35ClFNO. The first-order chi connectivity index (χ1) is 11.2. The maximum atomic E-state index is 12.4. The van der Waals surface area contributed by atoms with Gasteiger partial charge in [0.2, 0.25) is 5.91 Å². The topological polar surface area (TPSA) is 43.1 Å². The molecule has 1 unspecified atom stereocenters. The monoisotopic (exact) mass is 359 g/mol. The van der Waals surface area contributed by atoms with E-state index < -0.39 is 0 Å². The average Bonchev–Trinajstić information content (AvgIpc) is 2.52. The van der Waals surface area contributed by atoms with E-state index in [-0.39, 0.29) is 22.7 Å². The van der Waals surface area contributed by atoms with E-state index in [9.17, 15) is 9.18 Å². The Balaban J connectivity index is 0. The van der Waals surface area contributed by atoms with E-state index in [2.05, 4.69) is 20.8 Å². The summed E-state index contributed by atoms with van der Waals surface area (Å²) in [7, 11) is 0. The summed E-state index contributed by atoms with van der Waals surface area (Å²) in [6, 6.07) is 4.63. The van der Waals surface area contributed by atoms with Crippen molar-refractivity contribution < 1.29 is 9.18 Å². The van der Waals surface area contributed by atoms with E-state index in [0.29, 0.717) is 0 Å². The Kier molecular flexibility index (Phi) is 16.2. The number of hydrogen-bond acceptors (Lipinski definition) is 1. The van der Waals surface area contributed by atoms with Crippen LogP contribution in [0, 0.1) is 24.6 Å². The average molecular weight is 360 g/mol. The first-order valence-electron chi connectivity index (χ1n) is 8.90. The van der Waals surface area contributed by atoms with E-state index in [1.165, 1.54) is 31.7 Å². The predicted octanol–water partition coefficient (Wildman–Crippen LogP) is 6.53. The van der Waals surface area contributed by atoms with Gasteiger partial charge in [-0.25, -0.2) is 4.39 Å². The van der Waals surface area contributed by atoms with Crippen molar-refractivity contribution in [2.24, 2.45) is 17.6 Å². The van der Waals surface area contributed by atoms with E-state index in [1.54, 1.807) is 12.1 Å². The van der Waals surface area contributed by atoms with Crippen LogP contribution in [0.25, 0.3) is 0 Å². The highest BCUT2D eigenvalue weighted by molar-refractivity contribution is 6.30. The van der Waals surface area contributed by atoms with Gasteiger partial charge in [0, 0.05) is 5.92 Å². The van der Waals surface area contributed by atoms with E-state index in [4.69, 9.17) is 17.3 Å². The molecule has 0 aromatic heterocycles. The number of primary amides is 1. The maximum Gasteiger partial charge on any atom is 0.220 e. The lowest BCUT2D eigenvalue weighted by molar-refractivity contribution is -0.121. The number of amides is 1. The molecule has 0 saturated carbocycles. The second-order valence-electron chi connectivity index (χ2n) is 6.31. The van der Waals surface area contributed by atoms with Gasteiger partial charge in [0.1, 0.15) is 5.82 Å². The SMILES string of the molecule is CCC(C)C(N)=O.CCCC(C)CCC.Cc1ccc(F)c(Cl)c1. The van der Waals surface area contributed by atoms with Crippen LogP contribution < -0.4 is 5.73 Å². The Labute approximate surface area is 153 Å². The molecule has 1 aromatic rings. The Morgan fingerprint density at radius 2 is 1.67 bits per heavy atom. The van der Waals surface area contributed by atoms with Crippen molar-refractivity contribution in [1.29, 1.82) is 0 Å². The van der Waals surface area contributed by atoms with Crippen molar-refractivity contribution in [2.75, 3.05) is 0 Å². The molecule has 140 valence electrons. The largest absolute Gasteiger partial charge is 0.369 e. The molecule has 1 aromatic carbocycles. The van der Waals surface area contributed by atoms with Crippen LogP contribution in [0.5, 0.6) is 0 Å². The highest BCUT2D eigenvalue weighted by Crippen LogP contribution is 2.14. The van der Waals surface area contributed by atoms with Gasteiger partial charge in [0.15, 0.2) is 0 Å². The predicted molar refractivity (Wildman–Crippen MR) is 104 cm³/mol. The zero-order valence-electron chi connectivity index (χ0n) is 16.2. The van der Waals surface area contributed by atoms with Crippen LogP contribution in [0.15, 0.2) is 18.2 Å². The molecule has 0 aliphatic heterocycles. The molecule has 0 spiro atoms. The van der Waals surface area contributed by atoms with Crippen molar-refractivity contribution in [3.8, 4) is 0 Å². The van der Waals surface area contributed by atoms with Gasteiger partial charge in [-0.2, -0.15) is 0 Å². The molecule has 1 rings (SSSR count). The van der Waals surface area contributed by atoms with Gasteiger partial charge in [-0.05, 0) is 37.0 Å². The van der Waals surface area contributed by atoms with Crippen molar-refractivity contribution >= 4 is 17.5 Å². The molecule has 1 amide bonds. The van der Waals surface area contributed by atoms with E-state index >= 15 is 0 Å². The minimum absolute atomic E-state index is 0.0417. The summed E-state index contributed by atoms with van der Waals surface area (Å²) in [6.07, 6.45) is 6.36. The molecule has 0 aliphatic rings. The summed E-state index contributed by atoms with van der Waals surface area (Å²) < 4.78 is 12.4. The second kappa shape index (κ2) is 15.4. The summed E-state index contributed by atoms with van der Waals surface area (Å²) >= 11 is 5.44. The molecule has 0 bridgehead atoms. The van der Waals surface area contributed by atoms with Crippen LogP contribution in [0.4, 0.5) is 4.39 Å². The van der Waals surface area contributed by atoms with E-state index in [1.807, 2.05) is 20.8 Å². The molecule has 1 atom stereocenters. The third-order valence-electron chi connectivity index (χ3n) is 3.74. The van der Waals surface area contributed by atoms with Gasteiger partial charge in [-0.1, -0.05) is 78.0 Å². The van der Waals surface area contributed by atoms with Gasteiger partial charge in [-0.15, -0.1) is 0 Å². The highest BCUT2D eigenvalue weighted by atomic mass is 35.5. The van der Waals surface area contributed by atoms with Gasteiger partial charge in [0.05, 0.1) is 5.02 Å². The Morgan fingerprint density at radius 1 is 1.17 bits per heavy atom. The molecule has 0 heterocycles. The number of rotatable bonds is 6. The van der Waals surface area contributed by atoms with Crippen LogP contribution in [0.2, 0.25) is 5.02 Å². The third-order valence-corrected chi connectivity index (χ3v) is 4.03. The van der Waals surface area contributed by atoms with Crippen LogP contribution >= 0.6 is 11.6 Å². The van der Waals surface area contributed by atoms with Crippen LogP contribution in [0.3, 0.4) is 0 Å². The molecular weight excluding hydrogens is 325 g/mol. The molecule has 4 heteroatoms. The molecule has 0 saturated heterocycles. The number of halogens is 2.